The van der Waals surface area contributed by atoms with Crippen molar-refractivity contribution < 1.29 is 9.28 Å². The first-order valence-corrected chi connectivity index (χ1v) is 5.04. The minimum absolute atomic E-state index is 0.244. The van der Waals surface area contributed by atoms with Crippen molar-refractivity contribution in [3.63, 3.8) is 0 Å². The third-order valence-corrected chi connectivity index (χ3v) is 2.84. The molecule has 2 N–H and O–H groups in total. The summed E-state index contributed by atoms with van der Waals surface area (Å²) in [5.41, 5.74) is 6.98. The monoisotopic (exact) mass is 207 g/mol. The van der Waals surface area contributed by atoms with Gasteiger partial charge in [0.2, 0.25) is 5.91 Å². The van der Waals surface area contributed by atoms with E-state index in [-0.39, 0.29) is 11.9 Å². The number of nitrogens with two attached hydrogens (primary N) is 1. The van der Waals surface area contributed by atoms with Crippen LogP contribution < -0.4 is 5.73 Å². The molecule has 3 nitrogen and oxygen atoms in total. The molecule has 1 amide bonds. The first kappa shape index (κ1) is 11.7. The van der Waals surface area contributed by atoms with E-state index in [1.165, 1.54) is 0 Å². The number of nitrogens with zero attached hydrogens (tertiary/aromatic N) is 1. The fourth-order valence-corrected chi connectivity index (χ4v) is 1.50. The molecule has 0 heterocycles. The van der Waals surface area contributed by atoms with E-state index in [1.807, 2.05) is 18.2 Å². The van der Waals surface area contributed by atoms with E-state index in [9.17, 15) is 4.79 Å². The summed E-state index contributed by atoms with van der Waals surface area (Å²) in [7, 11) is 6.30. The van der Waals surface area contributed by atoms with Gasteiger partial charge in [-0.1, -0.05) is 18.2 Å². The number of primary amides is 1. The Bertz CT molecular complexity index is 366. The largest absolute Gasteiger partial charge is 0.366 e. The number of carbonyl (C=O) groups excluding carboxylic acids is 1. The molecule has 0 saturated carbocycles. The van der Waals surface area contributed by atoms with E-state index < -0.39 is 0 Å². The van der Waals surface area contributed by atoms with Gasteiger partial charge in [0.15, 0.2) is 0 Å². The molecule has 0 aliphatic rings. The summed E-state index contributed by atoms with van der Waals surface area (Å²) in [5.74, 6) is -0.356. The average Bonchev–Trinajstić information content (AvgIpc) is 2.15. The van der Waals surface area contributed by atoms with Crippen LogP contribution in [-0.4, -0.2) is 31.5 Å². The molecule has 1 rings (SSSR count). The van der Waals surface area contributed by atoms with Gasteiger partial charge in [-0.15, -0.1) is 0 Å². The van der Waals surface area contributed by atoms with Crippen LogP contribution in [0.15, 0.2) is 24.3 Å². The molecule has 0 aliphatic heterocycles. The van der Waals surface area contributed by atoms with E-state index in [1.54, 1.807) is 6.07 Å². The molecule has 0 spiro atoms. The van der Waals surface area contributed by atoms with E-state index >= 15 is 0 Å². The van der Waals surface area contributed by atoms with Crippen LogP contribution in [0.1, 0.15) is 28.9 Å². The highest BCUT2D eigenvalue weighted by Crippen LogP contribution is 2.25. The molecule has 1 aromatic rings. The first-order chi connectivity index (χ1) is 6.84. The van der Waals surface area contributed by atoms with Crippen LogP contribution in [-0.2, 0) is 0 Å². The fourth-order valence-electron chi connectivity index (χ4n) is 1.50. The second-order valence-corrected chi connectivity index (χ2v) is 4.74. The molecule has 0 radical (unpaired) electrons. The Morgan fingerprint density at radius 2 is 1.80 bits per heavy atom. The summed E-state index contributed by atoms with van der Waals surface area (Å²) in [6.45, 7) is 2.10. The highest BCUT2D eigenvalue weighted by atomic mass is 16.1. The van der Waals surface area contributed by atoms with Crippen LogP contribution >= 0.6 is 0 Å². The summed E-state index contributed by atoms with van der Waals surface area (Å²) < 4.78 is 0.768. The molecule has 1 unspecified atom stereocenters. The fraction of sp³-hybridized carbons (Fsp3) is 0.417. The minimum atomic E-state index is -0.356. The Hall–Kier alpha value is -1.35. The number of hydrogen-bond donors (Lipinski definition) is 1. The summed E-state index contributed by atoms with van der Waals surface area (Å²) >= 11 is 0. The molecule has 1 aromatic carbocycles. The number of quaternary nitrogens is 1. The van der Waals surface area contributed by atoms with Crippen molar-refractivity contribution in [2.45, 2.75) is 13.0 Å². The second kappa shape index (κ2) is 4.03. The van der Waals surface area contributed by atoms with Crippen molar-refractivity contribution in [3.8, 4) is 0 Å². The van der Waals surface area contributed by atoms with Gasteiger partial charge in [0.05, 0.1) is 21.1 Å². The molecule has 0 aromatic heterocycles. The summed E-state index contributed by atoms with van der Waals surface area (Å²) in [6.07, 6.45) is 0. The van der Waals surface area contributed by atoms with E-state index in [0.717, 1.165) is 10.0 Å². The third-order valence-electron chi connectivity index (χ3n) is 2.84. The molecule has 0 bridgehead atoms. The van der Waals surface area contributed by atoms with Gasteiger partial charge in [0.1, 0.15) is 6.04 Å². The van der Waals surface area contributed by atoms with Crippen molar-refractivity contribution in [1.82, 2.24) is 0 Å². The molecule has 15 heavy (non-hydrogen) atoms. The van der Waals surface area contributed by atoms with Crippen molar-refractivity contribution in [2.24, 2.45) is 5.73 Å². The van der Waals surface area contributed by atoms with Crippen molar-refractivity contribution in [1.29, 1.82) is 0 Å². The highest BCUT2D eigenvalue weighted by molar-refractivity contribution is 5.94. The van der Waals surface area contributed by atoms with Crippen LogP contribution in [0, 0.1) is 0 Å². The molecule has 82 valence electrons. The Balaban J connectivity index is 3.19. The topological polar surface area (TPSA) is 43.1 Å². The maximum absolute atomic E-state index is 11.3. The van der Waals surface area contributed by atoms with Gasteiger partial charge in [0.25, 0.3) is 0 Å². The maximum Gasteiger partial charge on any atom is 0.249 e. The lowest BCUT2D eigenvalue weighted by molar-refractivity contribution is -0.900. The lowest BCUT2D eigenvalue weighted by Crippen LogP contribution is -2.38. The van der Waals surface area contributed by atoms with Crippen LogP contribution in [0.25, 0.3) is 0 Å². The molecule has 1 atom stereocenters. The standard InChI is InChI=1S/C12H18N2O/c1-9(14(2,3)4)10-7-5-6-8-11(10)12(13)15/h5-9H,1-4H3,(H-,13,15)/p+1. The predicted octanol–water partition coefficient (Wildman–Crippen LogP) is 1.55. The van der Waals surface area contributed by atoms with E-state index in [0.29, 0.717) is 5.56 Å². The molecule has 0 saturated heterocycles. The number of hydrogen-bond acceptors (Lipinski definition) is 1. The highest BCUT2D eigenvalue weighted by Gasteiger charge is 2.24. The Morgan fingerprint density at radius 1 is 1.27 bits per heavy atom. The van der Waals surface area contributed by atoms with Gasteiger partial charge in [-0.3, -0.25) is 4.79 Å². The van der Waals surface area contributed by atoms with Gasteiger partial charge in [-0.2, -0.15) is 0 Å². The van der Waals surface area contributed by atoms with Gasteiger partial charge in [-0.25, -0.2) is 0 Å². The van der Waals surface area contributed by atoms with Gasteiger partial charge >= 0.3 is 0 Å². The Morgan fingerprint density at radius 3 is 2.27 bits per heavy atom. The summed E-state index contributed by atoms with van der Waals surface area (Å²) in [5, 5.41) is 0. The quantitative estimate of drug-likeness (QED) is 0.751. The Kier molecular flexibility index (Phi) is 3.15. The van der Waals surface area contributed by atoms with Crippen LogP contribution in [0.4, 0.5) is 0 Å². The zero-order chi connectivity index (χ0) is 11.6. The number of amides is 1. The molecular weight excluding hydrogens is 188 g/mol. The SMILES string of the molecule is CC(c1ccccc1C(N)=O)[N+](C)(C)C. The van der Waals surface area contributed by atoms with E-state index in [4.69, 9.17) is 5.73 Å². The smallest absolute Gasteiger partial charge is 0.249 e. The first-order valence-electron chi connectivity index (χ1n) is 5.04. The number of carbonyl (C=O) groups is 1. The Labute approximate surface area is 91.1 Å². The summed E-state index contributed by atoms with van der Waals surface area (Å²) in [6, 6.07) is 7.77. The third kappa shape index (κ3) is 2.57. The van der Waals surface area contributed by atoms with Gasteiger partial charge in [0, 0.05) is 11.1 Å². The zero-order valence-electron chi connectivity index (χ0n) is 9.82. The number of rotatable bonds is 3. The van der Waals surface area contributed by atoms with Gasteiger partial charge in [-0.05, 0) is 13.0 Å². The van der Waals surface area contributed by atoms with E-state index in [2.05, 4.69) is 28.1 Å². The zero-order valence-corrected chi connectivity index (χ0v) is 9.82. The van der Waals surface area contributed by atoms with Crippen molar-refractivity contribution in [3.05, 3.63) is 35.4 Å². The van der Waals surface area contributed by atoms with Crippen LogP contribution in [0.3, 0.4) is 0 Å². The van der Waals surface area contributed by atoms with Crippen molar-refractivity contribution in [2.75, 3.05) is 21.1 Å². The van der Waals surface area contributed by atoms with Gasteiger partial charge < -0.3 is 10.2 Å². The second-order valence-electron chi connectivity index (χ2n) is 4.74. The summed E-state index contributed by atoms with van der Waals surface area (Å²) in [4.78, 5) is 11.3. The van der Waals surface area contributed by atoms with Crippen LogP contribution in [0.2, 0.25) is 0 Å². The lowest BCUT2D eigenvalue weighted by atomic mass is 9.99. The molecule has 3 heteroatoms. The predicted molar refractivity (Wildman–Crippen MR) is 61.4 cm³/mol. The number of benzene rings is 1. The van der Waals surface area contributed by atoms with Crippen LogP contribution in [0.5, 0.6) is 0 Å². The molecule has 0 aliphatic carbocycles. The molecule has 0 fully saturated rings. The maximum atomic E-state index is 11.3. The van der Waals surface area contributed by atoms with Crippen molar-refractivity contribution >= 4 is 5.91 Å². The average molecular weight is 207 g/mol. The minimum Gasteiger partial charge on any atom is -0.366 e. The lowest BCUT2D eigenvalue weighted by Gasteiger charge is -2.32. The molecular formula is C12H19N2O+. The normalized spacial score (nSPS) is 13.6.